The normalized spacial score (nSPS) is 11.9. The molecule has 7 heteroatoms. The molecule has 0 spiro atoms. The van der Waals surface area contributed by atoms with Crippen LogP contribution in [0.3, 0.4) is 0 Å². The van der Waals surface area contributed by atoms with Crippen LogP contribution >= 0.6 is 0 Å². The van der Waals surface area contributed by atoms with Crippen molar-refractivity contribution >= 4 is 16.8 Å². The summed E-state index contributed by atoms with van der Waals surface area (Å²) >= 11 is 0. The first kappa shape index (κ1) is 20.4. The number of rotatable bonds is 6. The maximum atomic E-state index is 14.3. The predicted octanol–water partition coefficient (Wildman–Crippen LogP) is 3.72. The summed E-state index contributed by atoms with van der Waals surface area (Å²) in [6.07, 6.45) is 3.03. The zero-order valence-electron chi connectivity index (χ0n) is 17.0. The van der Waals surface area contributed by atoms with Gasteiger partial charge in [0.15, 0.2) is 0 Å². The lowest BCUT2D eigenvalue weighted by Crippen LogP contribution is -2.39. The van der Waals surface area contributed by atoms with Gasteiger partial charge in [0.2, 0.25) is 5.91 Å². The van der Waals surface area contributed by atoms with E-state index >= 15 is 0 Å². The molecule has 0 radical (unpaired) electrons. The van der Waals surface area contributed by atoms with Gasteiger partial charge in [-0.05, 0) is 37.3 Å². The topological polar surface area (TPSA) is 68.1 Å². The highest BCUT2D eigenvalue weighted by Gasteiger charge is 2.25. The molecule has 1 unspecified atom stereocenters. The number of halogens is 1. The van der Waals surface area contributed by atoms with Crippen molar-refractivity contribution in [1.29, 1.82) is 0 Å². The predicted molar refractivity (Wildman–Crippen MR) is 116 cm³/mol. The second-order valence-corrected chi connectivity index (χ2v) is 7.26. The molecule has 0 fully saturated rings. The number of benzene rings is 2. The maximum Gasteiger partial charge on any atom is 0.261 e. The summed E-state index contributed by atoms with van der Waals surface area (Å²) in [6, 6.07) is 17.9. The molecule has 0 aliphatic carbocycles. The van der Waals surface area contributed by atoms with Crippen molar-refractivity contribution in [2.45, 2.75) is 26.1 Å². The van der Waals surface area contributed by atoms with Crippen LogP contribution in [0.25, 0.3) is 10.9 Å². The zero-order chi connectivity index (χ0) is 21.8. The number of carbonyl (C=O) groups excluding carboxylic acids is 1. The van der Waals surface area contributed by atoms with Crippen LogP contribution in [0.2, 0.25) is 0 Å². The van der Waals surface area contributed by atoms with E-state index in [-0.39, 0.29) is 24.6 Å². The van der Waals surface area contributed by atoms with Gasteiger partial charge in [-0.3, -0.25) is 19.1 Å². The molecule has 2 heterocycles. The molecule has 1 atom stereocenters. The molecule has 2 aromatic carbocycles. The fourth-order valence-electron chi connectivity index (χ4n) is 3.47. The first-order valence-corrected chi connectivity index (χ1v) is 9.92. The van der Waals surface area contributed by atoms with E-state index in [0.29, 0.717) is 22.2 Å². The quantitative estimate of drug-likeness (QED) is 0.480. The molecular weight excluding hydrogens is 395 g/mol. The van der Waals surface area contributed by atoms with E-state index in [4.69, 9.17) is 0 Å². The summed E-state index contributed by atoms with van der Waals surface area (Å²) in [4.78, 5) is 36.5. The van der Waals surface area contributed by atoms with E-state index in [0.717, 1.165) is 0 Å². The van der Waals surface area contributed by atoms with E-state index in [1.165, 1.54) is 21.9 Å². The van der Waals surface area contributed by atoms with Crippen LogP contribution in [-0.2, 0) is 17.9 Å². The van der Waals surface area contributed by atoms with Crippen LogP contribution in [-0.4, -0.2) is 25.3 Å². The van der Waals surface area contributed by atoms with Crippen molar-refractivity contribution in [3.05, 3.63) is 107 Å². The first-order valence-electron chi connectivity index (χ1n) is 9.92. The van der Waals surface area contributed by atoms with Gasteiger partial charge in [0, 0.05) is 18.3 Å². The highest BCUT2D eigenvalue weighted by molar-refractivity contribution is 5.81. The molecule has 1 amide bonds. The standard InChI is InChI=1S/C24H21FN4O2/c1-17(29-16-27-22-12-5-3-10-20(22)24(29)31)23(30)28(15-19-9-6-7-13-26-19)14-18-8-2-4-11-21(18)25/h2-13,16-17H,14-15H2,1H3. The molecule has 156 valence electrons. The Balaban J connectivity index is 1.68. The van der Waals surface area contributed by atoms with E-state index < -0.39 is 11.9 Å². The van der Waals surface area contributed by atoms with Crippen LogP contribution in [0.1, 0.15) is 24.2 Å². The minimum absolute atomic E-state index is 0.0577. The van der Waals surface area contributed by atoms with Gasteiger partial charge < -0.3 is 4.90 Å². The van der Waals surface area contributed by atoms with Gasteiger partial charge in [0.05, 0.1) is 29.5 Å². The summed E-state index contributed by atoms with van der Waals surface area (Å²) in [5.41, 5.74) is 1.33. The molecule has 0 aliphatic heterocycles. The molecule has 6 nitrogen and oxygen atoms in total. The Hall–Kier alpha value is -3.87. The Labute approximate surface area is 178 Å². The van der Waals surface area contributed by atoms with E-state index in [9.17, 15) is 14.0 Å². The van der Waals surface area contributed by atoms with Crippen molar-refractivity contribution in [3.63, 3.8) is 0 Å². The fourth-order valence-corrected chi connectivity index (χ4v) is 3.47. The smallest absolute Gasteiger partial charge is 0.261 e. The van der Waals surface area contributed by atoms with Crippen molar-refractivity contribution in [3.8, 4) is 0 Å². The summed E-state index contributed by atoms with van der Waals surface area (Å²) in [5, 5.41) is 0.440. The Kier molecular flexibility index (Phi) is 5.84. The highest BCUT2D eigenvalue weighted by atomic mass is 19.1. The number of para-hydroxylation sites is 1. The number of fused-ring (bicyclic) bond motifs is 1. The summed E-state index contributed by atoms with van der Waals surface area (Å²) in [6.45, 7) is 1.89. The molecule has 4 aromatic rings. The van der Waals surface area contributed by atoms with Crippen molar-refractivity contribution in [2.24, 2.45) is 0 Å². The Bertz CT molecular complexity index is 1270. The van der Waals surface area contributed by atoms with Crippen LogP contribution in [0.15, 0.2) is 84.0 Å². The first-order chi connectivity index (χ1) is 15.0. The van der Waals surface area contributed by atoms with Gasteiger partial charge in [-0.15, -0.1) is 0 Å². The molecule has 0 bridgehead atoms. The second kappa shape index (κ2) is 8.87. The lowest BCUT2D eigenvalue weighted by Gasteiger charge is -2.26. The summed E-state index contributed by atoms with van der Waals surface area (Å²) < 4.78 is 15.6. The number of hydrogen-bond acceptors (Lipinski definition) is 4. The third kappa shape index (κ3) is 4.35. The maximum absolute atomic E-state index is 14.3. The minimum Gasteiger partial charge on any atom is -0.331 e. The second-order valence-electron chi connectivity index (χ2n) is 7.26. The largest absolute Gasteiger partial charge is 0.331 e. The van der Waals surface area contributed by atoms with E-state index in [1.54, 1.807) is 67.7 Å². The Morgan fingerprint density at radius 3 is 2.52 bits per heavy atom. The van der Waals surface area contributed by atoms with Crippen molar-refractivity contribution < 1.29 is 9.18 Å². The van der Waals surface area contributed by atoms with Gasteiger partial charge in [-0.2, -0.15) is 0 Å². The fraction of sp³-hybridized carbons (Fsp3) is 0.167. The van der Waals surface area contributed by atoms with Crippen molar-refractivity contribution in [2.75, 3.05) is 0 Å². The van der Waals surface area contributed by atoms with Gasteiger partial charge in [0.1, 0.15) is 11.9 Å². The minimum atomic E-state index is -0.819. The number of hydrogen-bond donors (Lipinski definition) is 0. The lowest BCUT2D eigenvalue weighted by molar-refractivity contribution is -0.135. The van der Waals surface area contributed by atoms with Crippen LogP contribution in [0.5, 0.6) is 0 Å². The molecule has 31 heavy (non-hydrogen) atoms. The number of pyridine rings is 1. The lowest BCUT2D eigenvalue weighted by atomic mass is 10.1. The number of carbonyl (C=O) groups is 1. The molecule has 0 N–H and O–H groups in total. The van der Waals surface area contributed by atoms with Gasteiger partial charge >= 0.3 is 0 Å². The SMILES string of the molecule is CC(C(=O)N(Cc1ccccn1)Cc1ccccc1F)n1cnc2ccccc2c1=O. The number of aromatic nitrogens is 3. The highest BCUT2D eigenvalue weighted by Crippen LogP contribution is 2.17. The third-order valence-corrected chi connectivity index (χ3v) is 5.17. The zero-order valence-corrected chi connectivity index (χ0v) is 17.0. The molecule has 0 aliphatic rings. The average Bonchev–Trinajstić information content (AvgIpc) is 2.80. The molecule has 0 saturated carbocycles. The molecule has 0 saturated heterocycles. The van der Waals surface area contributed by atoms with E-state index in [2.05, 4.69) is 9.97 Å². The third-order valence-electron chi connectivity index (χ3n) is 5.17. The Morgan fingerprint density at radius 2 is 1.74 bits per heavy atom. The van der Waals surface area contributed by atoms with E-state index in [1.807, 2.05) is 6.07 Å². The molecular formula is C24H21FN4O2. The number of nitrogens with zero attached hydrogens (tertiary/aromatic N) is 4. The monoisotopic (exact) mass is 416 g/mol. The van der Waals surface area contributed by atoms with Gasteiger partial charge in [-0.25, -0.2) is 9.37 Å². The number of amides is 1. The van der Waals surface area contributed by atoms with Crippen LogP contribution in [0, 0.1) is 5.82 Å². The summed E-state index contributed by atoms with van der Waals surface area (Å²) in [7, 11) is 0. The van der Waals surface area contributed by atoms with Gasteiger partial charge in [-0.1, -0.05) is 36.4 Å². The van der Waals surface area contributed by atoms with Gasteiger partial charge in [0.25, 0.3) is 5.56 Å². The summed E-state index contributed by atoms with van der Waals surface area (Å²) in [5.74, 6) is -0.716. The molecule has 4 rings (SSSR count). The molecule has 2 aromatic heterocycles. The van der Waals surface area contributed by atoms with Crippen LogP contribution in [0.4, 0.5) is 4.39 Å². The van der Waals surface area contributed by atoms with Crippen LogP contribution < -0.4 is 5.56 Å². The van der Waals surface area contributed by atoms with Crippen molar-refractivity contribution in [1.82, 2.24) is 19.4 Å². The Morgan fingerprint density at radius 1 is 1.00 bits per heavy atom. The average molecular weight is 416 g/mol.